The molecule has 0 atom stereocenters. The zero-order valence-corrected chi connectivity index (χ0v) is 17.7. The molecule has 1 amide bonds. The number of hydrogen-bond acceptors (Lipinski definition) is 4. The van der Waals surface area contributed by atoms with Crippen LogP contribution < -0.4 is 5.32 Å². The summed E-state index contributed by atoms with van der Waals surface area (Å²) in [4.78, 5) is 13.6. The van der Waals surface area contributed by atoms with Crippen molar-refractivity contribution < 1.29 is 9.21 Å². The summed E-state index contributed by atoms with van der Waals surface area (Å²) in [5.74, 6) is -0.0426. The fraction of sp³-hybridized carbons (Fsp3) is 0.0909. The van der Waals surface area contributed by atoms with Gasteiger partial charge in [0.15, 0.2) is 5.09 Å². The Kier molecular flexibility index (Phi) is 6.40. The Bertz CT molecular complexity index is 1080. The summed E-state index contributed by atoms with van der Waals surface area (Å²) in [6.07, 6.45) is 1.44. The molecule has 1 heterocycles. The summed E-state index contributed by atoms with van der Waals surface area (Å²) >= 11 is 4.93. The fourth-order valence-electron chi connectivity index (χ4n) is 2.47. The number of aryl methyl sites for hydroxylation is 1. The Morgan fingerprint density at radius 2 is 1.93 bits per heavy atom. The van der Waals surface area contributed by atoms with Crippen LogP contribution in [-0.4, -0.2) is 5.91 Å². The molecule has 0 bridgehead atoms. The van der Waals surface area contributed by atoms with Gasteiger partial charge in [-0.25, -0.2) is 0 Å². The molecular weight excluding hydrogens is 436 g/mol. The number of nitrogens with zero attached hydrogens (tertiary/aromatic N) is 1. The number of nitrogens with one attached hydrogen (secondary N) is 1. The second-order valence-electron chi connectivity index (χ2n) is 6.07. The van der Waals surface area contributed by atoms with E-state index in [1.54, 1.807) is 6.07 Å². The molecule has 0 saturated heterocycles. The maximum Gasteiger partial charge on any atom is 0.266 e. The van der Waals surface area contributed by atoms with Crippen LogP contribution in [0.1, 0.15) is 16.9 Å². The smallest absolute Gasteiger partial charge is 0.266 e. The maximum absolute atomic E-state index is 12.5. The first-order chi connectivity index (χ1) is 13.5. The van der Waals surface area contributed by atoms with Crippen molar-refractivity contribution in [1.29, 1.82) is 5.26 Å². The summed E-state index contributed by atoms with van der Waals surface area (Å²) in [7, 11) is 0. The third kappa shape index (κ3) is 4.75. The van der Waals surface area contributed by atoms with E-state index in [1.165, 1.54) is 17.8 Å². The number of benzene rings is 2. The highest BCUT2D eigenvalue weighted by molar-refractivity contribution is 9.10. The number of hydrogen-bond donors (Lipinski definition) is 1. The molecule has 0 saturated carbocycles. The van der Waals surface area contributed by atoms with Gasteiger partial charge in [-0.05, 0) is 65.2 Å². The lowest BCUT2D eigenvalue weighted by molar-refractivity contribution is -0.112. The molecule has 0 aliphatic rings. The van der Waals surface area contributed by atoms with Crippen LogP contribution in [0, 0.1) is 25.2 Å². The largest absolute Gasteiger partial charge is 0.449 e. The van der Waals surface area contributed by atoms with E-state index in [4.69, 9.17) is 4.42 Å². The van der Waals surface area contributed by atoms with Crippen molar-refractivity contribution in [2.24, 2.45) is 0 Å². The van der Waals surface area contributed by atoms with E-state index in [0.29, 0.717) is 16.5 Å². The van der Waals surface area contributed by atoms with Gasteiger partial charge in [-0.1, -0.05) is 42.1 Å². The van der Waals surface area contributed by atoms with Crippen molar-refractivity contribution in [3.8, 4) is 6.07 Å². The zero-order chi connectivity index (χ0) is 20.1. The molecule has 0 aliphatic carbocycles. The van der Waals surface area contributed by atoms with E-state index in [0.717, 1.165) is 20.5 Å². The third-order valence-electron chi connectivity index (χ3n) is 4.13. The monoisotopic (exact) mass is 452 g/mol. The molecule has 6 heteroatoms. The predicted molar refractivity (Wildman–Crippen MR) is 115 cm³/mol. The number of carbonyl (C=O) groups excluding carboxylic acids is 1. The number of rotatable bonds is 5. The minimum Gasteiger partial charge on any atom is -0.449 e. The highest BCUT2D eigenvalue weighted by Gasteiger charge is 2.15. The molecule has 0 fully saturated rings. The Balaban J connectivity index is 1.81. The van der Waals surface area contributed by atoms with E-state index in [2.05, 4.69) is 21.2 Å². The van der Waals surface area contributed by atoms with E-state index >= 15 is 0 Å². The van der Waals surface area contributed by atoms with Crippen LogP contribution in [0.5, 0.6) is 0 Å². The van der Waals surface area contributed by atoms with Crippen molar-refractivity contribution in [1.82, 2.24) is 0 Å². The summed E-state index contributed by atoms with van der Waals surface area (Å²) in [6, 6.07) is 19.1. The van der Waals surface area contributed by atoms with E-state index in [-0.39, 0.29) is 5.57 Å². The molecule has 1 N–H and O–H groups in total. The van der Waals surface area contributed by atoms with Crippen LogP contribution in [0.4, 0.5) is 5.69 Å². The van der Waals surface area contributed by atoms with E-state index in [1.807, 2.05) is 68.4 Å². The summed E-state index contributed by atoms with van der Waals surface area (Å²) in [5, 5.41) is 12.9. The summed E-state index contributed by atoms with van der Waals surface area (Å²) in [6.45, 7) is 3.90. The molecule has 28 heavy (non-hydrogen) atoms. The molecule has 0 spiro atoms. The van der Waals surface area contributed by atoms with Crippen molar-refractivity contribution in [2.45, 2.75) is 23.8 Å². The second-order valence-corrected chi connectivity index (χ2v) is 7.97. The number of carbonyl (C=O) groups is 1. The normalized spacial score (nSPS) is 11.1. The minimum absolute atomic E-state index is 0.0292. The lowest BCUT2D eigenvalue weighted by Crippen LogP contribution is -2.14. The fourth-order valence-corrected chi connectivity index (χ4v) is 3.82. The van der Waals surface area contributed by atoms with Crippen LogP contribution in [0.3, 0.4) is 0 Å². The van der Waals surface area contributed by atoms with Crippen molar-refractivity contribution in [3.63, 3.8) is 0 Å². The first-order valence-electron chi connectivity index (χ1n) is 8.49. The number of furan rings is 1. The van der Waals surface area contributed by atoms with Gasteiger partial charge < -0.3 is 9.73 Å². The van der Waals surface area contributed by atoms with E-state index in [9.17, 15) is 10.1 Å². The van der Waals surface area contributed by atoms with Gasteiger partial charge in [0.2, 0.25) is 0 Å². The van der Waals surface area contributed by atoms with Gasteiger partial charge in [0.25, 0.3) is 5.91 Å². The van der Waals surface area contributed by atoms with Crippen molar-refractivity contribution in [2.75, 3.05) is 5.32 Å². The number of halogens is 1. The topological polar surface area (TPSA) is 66.0 Å². The molecule has 3 rings (SSSR count). The second kappa shape index (κ2) is 8.96. The maximum atomic E-state index is 12.5. The average Bonchev–Trinajstić information content (AvgIpc) is 3.03. The van der Waals surface area contributed by atoms with Gasteiger partial charge in [-0.3, -0.25) is 4.79 Å². The Hall–Kier alpha value is -2.75. The standard InChI is InChI=1S/C22H17BrN2O2S/c1-14-7-6-10-20(15(14)2)25-21(26)16(13-24)11-17-12-19(23)22(27-17)28-18-8-4-3-5-9-18/h3-12H,1-2H3,(H,25,26)/b16-11-. The predicted octanol–water partition coefficient (Wildman–Crippen LogP) is 6.36. The lowest BCUT2D eigenvalue weighted by Gasteiger charge is -2.09. The van der Waals surface area contributed by atoms with Crippen LogP contribution in [0.2, 0.25) is 0 Å². The lowest BCUT2D eigenvalue weighted by atomic mass is 10.1. The van der Waals surface area contributed by atoms with Crippen molar-refractivity contribution in [3.05, 3.63) is 81.5 Å². The molecule has 2 aromatic carbocycles. The summed E-state index contributed by atoms with van der Waals surface area (Å²) < 4.78 is 6.57. The van der Waals surface area contributed by atoms with Gasteiger partial charge >= 0.3 is 0 Å². The highest BCUT2D eigenvalue weighted by Crippen LogP contribution is 2.36. The third-order valence-corrected chi connectivity index (χ3v) is 5.98. The van der Waals surface area contributed by atoms with Crippen LogP contribution >= 0.6 is 27.7 Å². The Morgan fingerprint density at radius 1 is 1.18 bits per heavy atom. The molecular formula is C22H17BrN2O2S. The molecule has 1 aromatic heterocycles. The van der Waals surface area contributed by atoms with E-state index < -0.39 is 5.91 Å². The molecule has 0 unspecified atom stereocenters. The SMILES string of the molecule is Cc1cccc(NC(=O)/C(C#N)=C\c2cc(Br)c(Sc3ccccc3)o2)c1C. The first kappa shape index (κ1) is 20.0. The molecule has 0 radical (unpaired) electrons. The van der Waals surface area contributed by atoms with Crippen LogP contribution in [0.25, 0.3) is 6.08 Å². The average molecular weight is 453 g/mol. The minimum atomic E-state index is -0.471. The van der Waals surface area contributed by atoms with Crippen LogP contribution in [-0.2, 0) is 4.79 Å². The highest BCUT2D eigenvalue weighted by atomic mass is 79.9. The van der Waals surface area contributed by atoms with Gasteiger partial charge in [-0.2, -0.15) is 5.26 Å². The Morgan fingerprint density at radius 3 is 2.64 bits per heavy atom. The summed E-state index contributed by atoms with van der Waals surface area (Å²) in [5.41, 5.74) is 2.69. The Labute approximate surface area is 176 Å². The number of nitriles is 1. The van der Waals surface area contributed by atoms with Gasteiger partial charge in [0, 0.05) is 16.7 Å². The van der Waals surface area contributed by atoms with Gasteiger partial charge in [-0.15, -0.1) is 0 Å². The van der Waals surface area contributed by atoms with Gasteiger partial charge in [0.05, 0.1) is 4.47 Å². The van der Waals surface area contributed by atoms with Gasteiger partial charge in [0.1, 0.15) is 17.4 Å². The molecule has 140 valence electrons. The zero-order valence-electron chi connectivity index (χ0n) is 15.3. The number of amides is 1. The van der Waals surface area contributed by atoms with Crippen LogP contribution in [0.15, 0.2) is 79.0 Å². The molecule has 3 aromatic rings. The quantitative estimate of drug-likeness (QED) is 0.361. The molecule has 4 nitrogen and oxygen atoms in total. The molecule has 0 aliphatic heterocycles. The van der Waals surface area contributed by atoms with Crippen molar-refractivity contribution >= 4 is 45.4 Å². The number of anilines is 1. The first-order valence-corrected chi connectivity index (χ1v) is 10.1.